The van der Waals surface area contributed by atoms with Gasteiger partial charge in [0.1, 0.15) is 12.4 Å². The molecule has 0 unspecified atom stereocenters. The Morgan fingerprint density at radius 1 is 1.50 bits per heavy atom. The molecule has 1 aliphatic carbocycles. The van der Waals surface area contributed by atoms with Crippen LogP contribution in [0.3, 0.4) is 0 Å². The molecule has 0 aromatic heterocycles. The van der Waals surface area contributed by atoms with Gasteiger partial charge in [-0.2, -0.15) is 0 Å². The average molecular weight is 291 g/mol. The third-order valence-electron chi connectivity index (χ3n) is 2.48. The Bertz CT molecular complexity index is 423. The van der Waals surface area contributed by atoms with Crippen molar-refractivity contribution in [2.75, 3.05) is 13.2 Å². The molecule has 0 heterocycles. The average Bonchev–Trinajstić information content (AvgIpc) is 3.11. The smallest absolute Gasteiger partial charge is 0.251 e. The van der Waals surface area contributed by atoms with E-state index in [9.17, 15) is 4.79 Å². The summed E-state index contributed by atoms with van der Waals surface area (Å²) in [5.74, 6) is 0.472. The van der Waals surface area contributed by atoms with Gasteiger partial charge in [0.15, 0.2) is 0 Å². The molecule has 1 aromatic rings. The summed E-state index contributed by atoms with van der Waals surface area (Å²) in [7, 11) is 0. The molecular formula is C12H16Cl2N2O2. The van der Waals surface area contributed by atoms with Crippen molar-refractivity contribution in [2.24, 2.45) is 5.73 Å². The predicted molar refractivity (Wildman–Crippen MR) is 73.7 cm³/mol. The molecule has 4 nitrogen and oxygen atoms in total. The molecule has 100 valence electrons. The van der Waals surface area contributed by atoms with Crippen LogP contribution in [0.4, 0.5) is 0 Å². The van der Waals surface area contributed by atoms with Crippen molar-refractivity contribution in [3.8, 4) is 5.75 Å². The zero-order valence-corrected chi connectivity index (χ0v) is 11.4. The number of carbonyl (C=O) groups excluding carboxylic acids is 1. The van der Waals surface area contributed by atoms with Crippen LogP contribution in [-0.4, -0.2) is 25.1 Å². The number of carbonyl (C=O) groups is 1. The first-order chi connectivity index (χ1) is 8.20. The van der Waals surface area contributed by atoms with Crippen molar-refractivity contribution in [3.63, 3.8) is 0 Å². The van der Waals surface area contributed by atoms with Crippen LogP contribution in [0.15, 0.2) is 18.2 Å². The van der Waals surface area contributed by atoms with Crippen molar-refractivity contribution in [1.29, 1.82) is 0 Å². The minimum atomic E-state index is -0.0835. The normalized spacial score (nSPS) is 13.7. The number of benzene rings is 1. The summed E-state index contributed by atoms with van der Waals surface area (Å²) in [6.07, 6.45) is 2.13. The standard InChI is InChI=1S/C12H15ClN2O2.ClH/c13-10-7-8(12(16)15-9-2-3-9)1-4-11(10)17-6-5-14;/h1,4,7,9H,2-3,5-6,14H2,(H,15,16);1H. The largest absolute Gasteiger partial charge is 0.491 e. The van der Waals surface area contributed by atoms with Gasteiger partial charge in [-0.3, -0.25) is 4.79 Å². The second-order valence-corrected chi connectivity index (χ2v) is 4.44. The van der Waals surface area contributed by atoms with Crippen LogP contribution >= 0.6 is 24.0 Å². The highest BCUT2D eigenvalue weighted by molar-refractivity contribution is 6.32. The molecule has 0 bridgehead atoms. The van der Waals surface area contributed by atoms with E-state index in [-0.39, 0.29) is 18.3 Å². The van der Waals surface area contributed by atoms with Gasteiger partial charge in [-0.15, -0.1) is 12.4 Å². The van der Waals surface area contributed by atoms with Crippen LogP contribution in [-0.2, 0) is 0 Å². The van der Waals surface area contributed by atoms with Gasteiger partial charge in [0, 0.05) is 18.2 Å². The number of nitrogens with two attached hydrogens (primary N) is 1. The van der Waals surface area contributed by atoms with Crippen LogP contribution < -0.4 is 15.8 Å². The van der Waals surface area contributed by atoms with Gasteiger partial charge >= 0.3 is 0 Å². The van der Waals surface area contributed by atoms with E-state index in [0.29, 0.717) is 35.5 Å². The molecule has 1 fully saturated rings. The van der Waals surface area contributed by atoms with E-state index in [1.54, 1.807) is 18.2 Å². The molecule has 0 radical (unpaired) electrons. The summed E-state index contributed by atoms with van der Waals surface area (Å²) in [5.41, 5.74) is 5.89. The van der Waals surface area contributed by atoms with Gasteiger partial charge in [-0.05, 0) is 31.0 Å². The van der Waals surface area contributed by atoms with E-state index < -0.39 is 0 Å². The molecule has 3 N–H and O–H groups in total. The Labute approximate surface area is 117 Å². The monoisotopic (exact) mass is 290 g/mol. The number of nitrogens with one attached hydrogen (secondary N) is 1. The number of hydrogen-bond acceptors (Lipinski definition) is 3. The molecule has 2 rings (SSSR count). The fourth-order valence-electron chi connectivity index (χ4n) is 1.42. The summed E-state index contributed by atoms with van der Waals surface area (Å²) in [4.78, 5) is 11.7. The summed E-state index contributed by atoms with van der Waals surface area (Å²) in [5, 5.41) is 3.33. The minimum absolute atomic E-state index is 0. The summed E-state index contributed by atoms with van der Waals surface area (Å²) in [6.45, 7) is 0.841. The minimum Gasteiger partial charge on any atom is -0.491 e. The van der Waals surface area contributed by atoms with Gasteiger partial charge in [-0.25, -0.2) is 0 Å². The Balaban J connectivity index is 0.00000162. The zero-order valence-electron chi connectivity index (χ0n) is 9.82. The quantitative estimate of drug-likeness (QED) is 0.872. The molecule has 18 heavy (non-hydrogen) atoms. The summed E-state index contributed by atoms with van der Waals surface area (Å²) in [6, 6.07) is 5.36. The lowest BCUT2D eigenvalue weighted by atomic mass is 10.2. The number of ether oxygens (including phenoxy) is 1. The van der Waals surface area contributed by atoms with Crippen molar-refractivity contribution >= 4 is 29.9 Å². The van der Waals surface area contributed by atoms with Crippen LogP contribution in [0.1, 0.15) is 23.2 Å². The van der Waals surface area contributed by atoms with E-state index in [1.807, 2.05) is 0 Å². The van der Waals surface area contributed by atoms with Crippen LogP contribution in [0.2, 0.25) is 5.02 Å². The fraction of sp³-hybridized carbons (Fsp3) is 0.417. The van der Waals surface area contributed by atoms with Crippen LogP contribution in [0, 0.1) is 0 Å². The topological polar surface area (TPSA) is 64.3 Å². The summed E-state index contributed by atoms with van der Waals surface area (Å²) < 4.78 is 5.33. The highest BCUT2D eigenvalue weighted by Gasteiger charge is 2.24. The maximum atomic E-state index is 11.7. The number of halogens is 2. The first kappa shape index (κ1) is 15.1. The zero-order chi connectivity index (χ0) is 12.3. The molecule has 0 saturated heterocycles. The van der Waals surface area contributed by atoms with E-state index in [0.717, 1.165) is 12.8 Å². The first-order valence-electron chi connectivity index (χ1n) is 5.64. The Kier molecular flexibility index (Phi) is 5.72. The van der Waals surface area contributed by atoms with Crippen LogP contribution in [0.25, 0.3) is 0 Å². The molecule has 1 amide bonds. The lowest BCUT2D eigenvalue weighted by molar-refractivity contribution is 0.0951. The predicted octanol–water partition coefficient (Wildman–Crippen LogP) is 1.99. The number of amides is 1. The Hall–Kier alpha value is -0.970. The van der Waals surface area contributed by atoms with E-state index >= 15 is 0 Å². The van der Waals surface area contributed by atoms with Crippen LogP contribution in [0.5, 0.6) is 5.75 Å². The molecule has 0 spiro atoms. The second kappa shape index (κ2) is 6.83. The van der Waals surface area contributed by atoms with Crippen molar-refractivity contribution in [2.45, 2.75) is 18.9 Å². The molecule has 6 heteroatoms. The lowest BCUT2D eigenvalue weighted by Gasteiger charge is -2.08. The van der Waals surface area contributed by atoms with Gasteiger partial charge < -0.3 is 15.8 Å². The van der Waals surface area contributed by atoms with Gasteiger partial charge in [0.2, 0.25) is 0 Å². The second-order valence-electron chi connectivity index (χ2n) is 4.03. The summed E-state index contributed by atoms with van der Waals surface area (Å²) >= 11 is 6.02. The fourth-order valence-corrected chi connectivity index (χ4v) is 1.66. The van der Waals surface area contributed by atoms with Crippen molar-refractivity contribution in [3.05, 3.63) is 28.8 Å². The number of rotatable bonds is 5. The van der Waals surface area contributed by atoms with Gasteiger partial charge in [0.05, 0.1) is 5.02 Å². The lowest BCUT2D eigenvalue weighted by Crippen LogP contribution is -2.25. The molecule has 1 saturated carbocycles. The molecule has 1 aromatic carbocycles. The first-order valence-corrected chi connectivity index (χ1v) is 6.02. The van der Waals surface area contributed by atoms with Crippen molar-refractivity contribution in [1.82, 2.24) is 5.32 Å². The third kappa shape index (κ3) is 4.05. The molecule has 0 atom stereocenters. The third-order valence-corrected chi connectivity index (χ3v) is 2.78. The highest BCUT2D eigenvalue weighted by Crippen LogP contribution is 2.26. The maximum absolute atomic E-state index is 11.7. The SMILES string of the molecule is Cl.NCCOc1ccc(C(=O)NC2CC2)cc1Cl. The molecule has 1 aliphatic rings. The van der Waals surface area contributed by atoms with Crippen molar-refractivity contribution < 1.29 is 9.53 Å². The van der Waals surface area contributed by atoms with E-state index in [2.05, 4.69) is 5.32 Å². The molecular weight excluding hydrogens is 275 g/mol. The maximum Gasteiger partial charge on any atom is 0.251 e. The molecule has 0 aliphatic heterocycles. The Morgan fingerprint density at radius 2 is 2.22 bits per heavy atom. The van der Waals surface area contributed by atoms with Gasteiger partial charge in [-0.1, -0.05) is 11.6 Å². The Morgan fingerprint density at radius 3 is 2.78 bits per heavy atom. The van der Waals surface area contributed by atoms with Gasteiger partial charge in [0.25, 0.3) is 5.91 Å². The number of hydrogen-bond donors (Lipinski definition) is 2. The van der Waals surface area contributed by atoms with E-state index in [4.69, 9.17) is 22.1 Å². The van der Waals surface area contributed by atoms with E-state index in [1.165, 1.54) is 0 Å². The highest BCUT2D eigenvalue weighted by atomic mass is 35.5.